The molecule has 0 saturated heterocycles. The molecule has 0 aliphatic rings. The molecule has 0 fully saturated rings. The molecule has 3 aromatic carbocycles. The molecule has 0 saturated carbocycles. The highest BCUT2D eigenvalue weighted by Gasteiger charge is 2.09. The number of benzene rings is 3. The third kappa shape index (κ3) is 1.52. The Kier molecular flexibility index (Phi) is 2.53. The van der Waals surface area contributed by atoms with Gasteiger partial charge >= 0.3 is 0 Å². The molecular formula is C16H13Cl. The first kappa shape index (κ1) is 10.6. The third-order valence-corrected chi connectivity index (χ3v) is 3.73. The topological polar surface area (TPSA) is 0 Å². The second-order valence-corrected chi connectivity index (χ2v) is 4.60. The molecule has 0 aliphatic heterocycles. The van der Waals surface area contributed by atoms with Crippen molar-refractivity contribution in [1.29, 1.82) is 0 Å². The van der Waals surface area contributed by atoms with Gasteiger partial charge < -0.3 is 0 Å². The van der Waals surface area contributed by atoms with E-state index in [1.165, 1.54) is 32.7 Å². The maximum atomic E-state index is 6.11. The van der Waals surface area contributed by atoms with E-state index < -0.39 is 0 Å². The van der Waals surface area contributed by atoms with E-state index in [9.17, 15) is 0 Å². The van der Waals surface area contributed by atoms with Gasteiger partial charge in [0.25, 0.3) is 0 Å². The van der Waals surface area contributed by atoms with Crippen LogP contribution in [0.2, 0.25) is 0 Å². The lowest BCUT2D eigenvalue weighted by Crippen LogP contribution is -1.90. The Morgan fingerprint density at radius 3 is 1.82 bits per heavy atom. The zero-order valence-corrected chi connectivity index (χ0v) is 10.5. The Morgan fingerprint density at radius 1 is 0.765 bits per heavy atom. The SMILES string of the molecule is Cc1c(CCl)c2ccccc2c2ccccc12. The normalized spacial score (nSPS) is 11.2. The van der Waals surface area contributed by atoms with Gasteiger partial charge in [0.15, 0.2) is 0 Å². The van der Waals surface area contributed by atoms with Gasteiger partial charge in [0, 0.05) is 5.88 Å². The van der Waals surface area contributed by atoms with Gasteiger partial charge in [0.05, 0.1) is 0 Å². The van der Waals surface area contributed by atoms with Crippen LogP contribution in [0, 0.1) is 6.92 Å². The molecular weight excluding hydrogens is 228 g/mol. The zero-order chi connectivity index (χ0) is 11.8. The van der Waals surface area contributed by atoms with E-state index in [4.69, 9.17) is 11.6 Å². The monoisotopic (exact) mass is 240 g/mol. The summed E-state index contributed by atoms with van der Waals surface area (Å²) >= 11 is 6.11. The van der Waals surface area contributed by atoms with Crippen molar-refractivity contribution in [3.05, 3.63) is 59.7 Å². The van der Waals surface area contributed by atoms with Crippen LogP contribution in [0.1, 0.15) is 11.1 Å². The summed E-state index contributed by atoms with van der Waals surface area (Å²) < 4.78 is 0. The zero-order valence-electron chi connectivity index (χ0n) is 9.70. The second kappa shape index (κ2) is 4.05. The predicted octanol–water partition coefficient (Wildman–Crippen LogP) is 5.04. The Balaban J connectivity index is 2.64. The largest absolute Gasteiger partial charge is 0.122 e. The van der Waals surface area contributed by atoms with Crippen LogP contribution in [0.3, 0.4) is 0 Å². The number of aryl methyl sites for hydroxylation is 1. The molecule has 0 aromatic heterocycles. The van der Waals surface area contributed by atoms with Gasteiger partial charge in [0.1, 0.15) is 0 Å². The van der Waals surface area contributed by atoms with Gasteiger partial charge in [-0.15, -0.1) is 11.6 Å². The van der Waals surface area contributed by atoms with Gasteiger partial charge in [-0.3, -0.25) is 0 Å². The highest BCUT2D eigenvalue weighted by Crippen LogP contribution is 2.32. The first-order valence-corrected chi connectivity index (χ1v) is 6.31. The third-order valence-electron chi connectivity index (χ3n) is 3.46. The van der Waals surface area contributed by atoms with Crippen LogP contribution in [-0.4, -0.2) is 0 Å². The number of alkyl halides is 1. The Hall–Kier alpha value is -1.53. The van der Waals surface area contributed by atoms with Crippen molar-refractivity contribution in [2.45, 2.75) is 12.8 Å². The van der Waals surface area contributed by atoms with Crippen LogP contribution in [-0.2, 0) is 5.88 Å². The lowest BCUT2D eigenvalue weighted by Gasteiger charge is -2.12. The quantitative estimate of drug-likeness (QED) is 0.413. The van der Waals surface area contributed by atoms with Crippen molar-refractivity contribution in [3.8, 4) is 0 Å². The van der Waals surface area contributed by atoms with Gasteiger partial charge in [0.2, 0.25) is 0 Å². The van der Waals surface area contributed by atoms with Crippen LogP contribution in [0.5, 0.6) is 0 Å². The Labute approximate surface area is 106 Å². The average Bonchev–Trinajstić information content (AvgIpc) is 2.40. The molecule has 0 atom stereocenters. The van der Waals surface area contributed by atoms with Crippen molar-refractivity contribution < 1.29 is 0 Å². The summed E-state index contributed by atoms with van der Waals surface area (Å²) in [6.45, 7) is 2.16. The fourth-order valence-corrected chi connectivity index (χ4v) is 2.91. The van der Waals surface area contributed by atoms with Gasteiger partial charge in [-0.05, 0) is 39.6 Å². The van der Waals surface area contributed by atoms with Crippen molar-refractivity contribution in [2.24, 2.45) is 0 Å². The van der Waals surface area contributed by atoms with Crippen LogP contribution in [0.25, 0.3) is 21.5 Å². The summed E-state index contributed by atoms with van der Waals surface area (Å²) in [4.78, 5) is 0. The Bertz CT molecular complexity index is 698. The van der Waals surface area contributed by atoms with Gasteiger partial charge in [-0.1, -0.05) is 48.5 Å². The van der Waals surface area contributed by atoms with Crippen molar-refractivity contribution in [2.75, 3.05) is 0 Å². The van der Waals surface area contributed by atoms with Crippen molar-refractivity contribution in [3.63, 3.8) is 0 Å². The lowest BCUT2D eigenvalue weighted by molar-refractivity contribution is 1.36. The van der Waals surface area contributed by atoms with E-state index in [2.05, 4.69) is 55.5 Å². The average molecular weight is 241 g/mol. The molecule has 17 heavy (non-hydrogen) atoms. The van der Waals surface area contributed by atoms with Crippen LogP contribution in [0.15, 0.2) is 48.5 Å². The first-order chi connectivity index (χ1) is 8.33. The predicted molar refractivity (Wildman–Crippen MR) is 75.7 cm³/mol. The molecule has 0 N–H and O–H groups in total. The minimum atomic E-state index is 0.567. The number of hydrogen-bond acceptors (Lipinski definition) is 0. The molecule has 0 radical (unpaired) electrons. The molecule has 0 bridgehead atoms. The molecule has 84 valence electrons. The fraction of sp³-hybridized carbons (Fsp3) is 0.125. The highest BCUT2D eigenvalue weighted by atomic mass is 35.5. The molecule has 0 unspecified atom stereocenters. The minimum absolute atomic E-state index is 0.567. The van der Waals surface area contributed by atoms with Gasteiger partial charge in [-0.25, -0.2) is 0 Å². The number of rotatable bonds is 1. The van der Waals surface area contributed by atoms with E-state index >= 15 is 0 Å². The molecule has 0 nitrogen and oxygen atoms in total. The Morgan fingerprint density at radius 2 is 1.24 bits per heavy atom. The summed E-state index contributed by atoms with van der Waals surface area (Å²) in [5.41, 5.74) is 2.55. The molecule has 0 heterocycles. The van der Waals surface area contributed by atoms with Crippen LogP contribution in [0.4, 0.5) is 0 Å². The number of fused-ring (bicyclic) bond motifs is 3. The standard InChI is InChI=1S/C16H13Cl/c1-11-12-6-2-3-7-13(12)14-8-4-5-9-15(14)16(11)10-17/h2-9H,10H2,1H3. The maximum Gasteiger partial charge on any atom is 0.0483 e. The summed E-state index contributed by atoms with van der Waals surface area (Å²) in [6.07, 6.45) is 0. The van der Waals surface area contributed by atoms with Crippen LogP contribution < -0.4 is 0 Å². The lowest BCUT2D eigenvalue weighted by atomic mass is 9.93. The molecule has 0 amide bonds. The summed E-state index contributed by atoms with van der Waals surface area (Å²) in [5, 5.41) is 5.19. The van der Waals surface area contributed by atoms with Crippen LogP contribution >= 0.6 is 11.6 Å². The van der Waals surface area contributed by atoms with Crippen molar-refractivity contribution in [1.82, 2.24) is 0 Å². The number of hydrogen-bond donors (Lipinski definition) is 0. The minimum Gasteiger partial charge on any atom is -0.122 e. The fourth-order valence-electron chi connectivity index (χ4n) is 2.56. The van der Waals surface area contributed by atoms with E-state index in [0.29, 0.717) is 5.88 Å². The molecule has 0 aliphatic carbocycles. The summed E-state index contributed by atoms with van der Waals surface area (Å²) in [5.74, 6) is 0.567. The maximum absolute atomic E-state index is 6.11. The van der Waals surface area contributed by atoms with Crippen molar-refractivity contribution >= 4 is 33.1 Å². The van der Waals surface area contributed by atoms with E-state index in [-0.39, 0.29) is 0 Å². The molecule has 3 aromatic rings. The molecule has 3 rings (SSSR count). The molecule has 0 spiro atoms. The smallest absolute Gasteiger partial charge is 0.0483 e. The van der Waals surface area contributed by atoms with E-state index in [0.717, 1.165) is 0 Å². The first-order valence-electron chi connectivity index (χ1n) is 5.78. The molecule has 1 heteroatoms. The van der Waals surface area contributed by atoms with E-state index in [1.54, 1.807) is 0 Å². The van der Waals surface area contributed by atoms with Gasteiger partial charge in [-0.2, -0.15) is 0 Å². The van der Waals surface area contributed by atoms with E-state index in [1.807, 2.05) is 0 Å². The summed E-state index contributed by atoms with van der Waals surface area (Å²) in [6, 6.07) is 17.0. The summed E-state index contributed by atoms with van der Waals surface area (Å²) in [7, 11) is 0. The highest BCUT2D eigenvalue weighted by molar-refractivity contribution is 6.20. The second-order valence-electron chi connectivity index (χ2n) is 4.33. The number of halogens is 1.